The van der Waals surface area contributed by atoms with Gasteiger partial charge in [-0.2, -0.15) is 18.2 Å². The second-order valence-corrected chi connectivity index (χ2v) is 10.7. The average molecular weight is 578 g/mol. The first-order valence-electron chi connectivity index (χ1n) is 11.5. The van der Waals surface area contributed by atoms with Crippen molar-refractivity contribution in [2.24, 2.45) is 0 Å². The highest BCUT2D eigenvalue weighted by molar-refractivity contribution is 7.92. The van der Waals surface area contributed by atoms with Crippen LogP contribution in [0.4, 0.5) is 23.2 Å². The Morgan fingerprint density at radius 1 is 1.07 bits per heavy atom. The zero-order valence-corrected chi connectivity index (χ0v) is 21.3. The second-order valence-electron chi connectivity index (χ2n) is 8.92. The molecule has 1 aliphatic rings. The van der Waals surface area contributed by atoms with Crippen LogP contribution in [0.3, 0.4) is 0 Å². The maximum atomic E-state index is 13.9. The summed E-state index contributed by atoms with van der Waals surface area (Å²) in [7, 11) is -3.55. The number of fused-ring (bicyclic) bond motifs is 1. The molecule has 1 aromatic heterocycles. The lowest BCUT2D eigenvalue weighted by atomic mass is 9.84. The number of ether oxygens (including phenoxy) is 2. The van der Waals surface area contributed by atoms with Crippen molar-refractivity contribution in [2.75, 3.05) is 17.6 Å². The van der Waals surface area contributed by atoms with Gasteiger partial charge in [0.1, 0.15) is 24.8 Å². The number of hydrogen-bond acceptors (Lipinski definition) is 8. The van der Waals surface area contributed by atoms with Gasteiger partial charge >= 0.3 is 6.18 Å². The van der Waals surface area contributed by atoms with Gasteiger partial charge in [-0.25, -0.2) is 12.8 Å². The number of hydrogen-bond donors (Lipinski definition) is 1. The van der Waals surface area contributed by atoms with Gasteiger partial charge in [0.05, 0.1) is 17.4 Å². The van der Waals surface area contributed by atoms with Gasteiger partial charge in [-0.1, -0.05) is 29.4 Å². The van der Waals surface area contributed by atoms with E-state index in [1.54, 1.807) is 24.3 Å². The van der Waals surface area contributed by atoms with Gasteiger partial charge in [0.15, 0.2) is 11.4 Å². The highest BCUT2D eigenvalue weighted by Gasteiger charge is 2.47. The molecular formula is C26H19F4N3O6S. The van der Waals surface area contributed by atoms with Crippen LogP contribution < -0.4 is 9.46 Å². The molecule has 1 aliphatic heterocycles. The molecule has 0 radical (unpaired) electrons. The van der Waals surface area contributed by atoms with Gasteiger partial charge in [-0.15, -0.1) is 0 Å². The van der Waals surface area contributed by atoms with E-state index in [4.69, 9.17) is 14.0 Å². The number of benzene rings is 3. The van der Waals surface area contributed by atoms with Gasteiger partial charge in [0.2, 0.25) is 15.8 Å². The van der Waals surface area contributed by atoms with Crippen molar-refractivity contribution in [1.29, 1.82) is 0 Å². The minimum Gasteiger partial charge on any atom is -0.489 e. The SMILES string of the molecule is CS(=O)(=O)Nc1ccc(C2(OCc3noc(-c4cc(F)cc(C(F)(F)F)c4)n3)COc3ccccc3C2=O)cc1. The van der Waals surface area contributed by atoms with Crippen LogP contribution in [-0.4, -0.2) is 37.2 Å². The third kappa shape index (κ3) is 5.53. The molecule has 9 nitrogen and oxygen atoms in total. The maximum Gasteiger partial charge on any atom is 0.416 e. The predicted molar refractivity (Wildman–Crippen MR) is 132 cm³/mol. The molecule has 5 rings (SSSR count). The first kappa shape index (κ1) is 27.3. The second kappa shape index (κ2) is 10.0. The van der Waals surface area contributed by atoms with Crippen LogP contribution in [0.1, 0.15) is 27.3 Å². The first-order valence-corrected chi connectivity index (χ1v) is 13.4. The fraction of sp³-hybridized carbons (Fsp3) is 0.192. The Labute approximate surface area is 224 Å². The highest BCUT2D eigenvalue weighted by Crippen LogP contribution is 2.39. The van der Waals surface area contributed by atoms with E-state index in [1.165, 1.54) is 24.3 Å². The summed E-state index contributed by atoms with van der Waals surface area (Å²) in [6.07, 6.45) is -3.80. The lowest BCUT2D eigenvalue weighted by Gasteiger charge is -2.36. The zero-order chi connectivity index (χ0) is 28.7. The van der Waals surface area contributed by atoms with Gasteiger partial charge < -0.3 is 14.0 Å². The van der Waals surface area contributed by atoms with E-state index in [-0.39, 0.29) is 35.1 Å². The number of sulfonamides is 1. The number of ketones is 1. The number of anilines is 1. The lowest BCUT2D eigenvalue weighted by Crippen LogP contribution is -2.47. The molecular weight excluding hydrogens is 558 g/mol. The Bertz CT molecular complexity index is 1690. The van der Waals surface area contributed by atoms with E-state index < -0.39 is 45.6 Å². The minimum atomic E-state index is -4.79. The number of carbonyl (C=O) groups excluding carboxylic acids is 1. The molecule has 208 valence electrons. The van der Waals surface area contributed by atoms with Crippen LogP contribution in [0, 0.1) is 5.82 Å². The fourth-order valence-electron chi connectivity index (χ4n) is 4.16. The Kier molecular flexibility index (Phi) is 6.84. The molecule has 0 saturated heterocycles. The molecule has 0 spiro atoms. The van der Waals surface area contributed by atoms with E-state index in [2.05, 4.69) is 14.9 Å². The van der Waals surface area contributed by atoms with E-state index in [1.807, 2.05) is 0 Å². The van der Waals surface area contributed by atoms with Crippen molar-refractivity contribution < 1.29 is 44.8 Å². The number of rotatable bonds is 7. The molecule has 0 bridgehead atoms. The van der Waals surface area contributed by atoms with Crippen molar-refractivity contribution in [1.82, 2.24) is 10.1 Å². The smallest absolute Gasteiger partial charge is 0.416 e. The molecule has 0 aliphatic carbocycles. The number of nitrogens with zero attached hydrogens (tertiary/aromatic N) is 2. The first-order chi connectivity index (χ1) is 18.8. The number of halogens is 4. The number of Topliss-reactive ketones (excluding diaryl/α,β-unsaturated/α-hetero) is 1. The highest BCUT2D eigenvalue weighted by atomic mass is 32.2. The van der Waals surface area contributed by atoms with Crippen molar-refractivity contribution in [3.8, 4) is 17.2 Å². The molecule has 0 saturated carbocycles. The molecule has 14 heteroatoms. The van der Waals surface area contributed by atoms with Crippen LogP contribution in [0.15, 0.2) is 71.3 Å². The van der Waals surface area contributed by atoms with Crippen LogP contribution in [0.2, 0.25) is 0 Å². The molecule has 1 atom stereocenters. The Balaban J connectivity index is 1.46. The van der Waals surface area contributed by atoms with E-state index in [0.717, 1.165) is 12.3 Å². The van der Waals surface area contributed by atoms with Crippen molar-refractivity contribution >= 4 is 21.5 Å². The Morgan fingerprint density at radius 3 is 2.50 bits per heavy atom. The molecule has 4 aromatic rings. The molecule has 1 N–H and O–H groups in total. The van der Waals surface area contributed by atoms with Crippen molar-refractivity contribution in [3.05, 3.63) is 95.1 Å². The zero-order valence-electron chi connectivity index (χ0n) is 20.5. The number of para-hydroxylation sites is 1. The normalized spacial score (nSPS) is 17.3. The van der Waals surface area contributed by atoms with Crippen LogP contribution in [-0.2, 0) is 33.1 Å². The summed E-state index contributed by atoms with van der Waals surface area (Å²) in [6.45, 7) is -0.698. The van der Waals surface area contributed by atoms with Gasteiger partial charge in [0.25, 0.3) is 5.89 Å². The molecule has 0 amide bonds. The minimum absolute atomic E-state index is 0.130. The Hall–Kier alpha value is -4.30. The summed E-state index contributed by atoms with van der Waals surface area (Å²) in [5.41, 5.74) is -2.42. The quantitative estimate of drug-likeness (QED) is 0.306. The summed E-state index contributed by atoms with van der Waals surface area (Å²) in [4.78, 5) is 17.8. The molecule has 1 unspecified atom stereocenters. The molecule has 2 heterocycles. The van der Waals surface area contributed by atoms with E-state index >= 15 is 0 Å². The summed E-state index contributed by atoms with van der Waals surface area (Å²) in [5.74, 6) is -1.77. The third-order valence-electron chi connectivity index (χ3n) is 5.97. The Morgan fingerprint density at radius 2 is 1.80 bits per heavy atom. The fourth-order valence-corrected chi connectivity index (χ4v) is 4.73. The monoisotopic (exact) mass is 577 g/mol. The number of carbonyl (C=O) groups is 1. The number of alkyl halides is 3. The summed E-state index contributed by atoms with van der Waals surface area (Å²) in [6, 6.07) is 14.2. The lowest BCUT2D eigenvalue weighted by molar-refractivity contribution is -0.137. The summed E-state index contributed by atoms with van der Waals surface area (Å²) in [5, 5.41) is 3.70. The third-order valence-corrected chi connectivity index (χ3v) is 6.58. The van der Waals surface area contributed by atoms with Gasteiger partial charge in [-0.05, 0) is 48.0 Å². The molecule has 40 heavy (non-hydrogen) atoms. The average Bonchev–Trinajstić information content (AvgIpc) is 3.37. The van der Waals surface area contributed by atoms with Crippen molar-refractivity contribution in [3.63, 3.8) is 0 Å². The van der Waals surface area contributed by atoms with Crippen LogP contribution >= 0.6 is 0 Å². The predicted octanol–water partition coefficient (Wildman–Crippen LogP) is 4.95. The summed E-state index contributed by atoms with van der Waals surface area (Å²) < 4.78 is 95.6. The number of nitrogens with one attached hydrogen (secondary N) is 1. The number of aromatic nitrogens is 2. The molecule has 3 aromatic carbocycles. The van der Waals surface area contributed by atoms with E-state index in [9.17, 15) is 30.8 Å². The molecule has 0 fully saturated rings. The summed E-state index contributed by atoms with van der Waals surface area (Å²) >= 11 is 0. The maximum absolute atomic E-state index is 13.9. The largest absolute Gasteiger partial charge is 0.489 e. The van der Waals surface area contributed by atoms with Gasteiger partial charge in [0, 0.05) is 11.3 Å². The van der Waals surface area contributed by atoms with Crippen LogP contribution in [0.5, 0.6) is 5.75 Å². The van der Waals surface area contributed by atoms with Crippen molar-refractivity contribution in [2.45, 2.75) is 18.4 Å². The topological polar surface area (TPSA) is 121 Å². The van der Waals surface area contributed by atoms with E-state index in [0.29, 0.717) is 23.4 Å². The van der Waals surface area contributed by atoms with Crippen LogP contribution in [0.25, 0.3) is 11.5 Å². The van der Waals surface area contributed by atoms with Gasteiger partial charge in [-0.3, -0.25) is 9.52 Å². The standard InChI is InChI=1S/C26H19F4N3O6S/c1-40(35,36)33-19-8-6-16(7-9-19)25(14-37-21-5-3-2-4-20(21)23(25)34)38-13-22-31-24(39-32-22)15-10-17(26(28,29)30)12-18(27)11-15/h2-12,33H,13-14H2,1H3.